The van der Waals surface area contributed by atoms with Crippen molar-refractivity contribution in [2.24, 2.45) is 5.92 Å². The fraction of sp³-hybridized carbons (Fsp3) is 0.316. The van der Waals surface area contributed by atoms with E-state index in [1.54, 1.807) is 0 Å². The van der Waals surface area contributed by atoms with E-state index in [1.165, 1.54) is 5.56 Å². The van der Waals surface area contributed by atoms with Gasteiger partial charge in [0.1, 0.15) is 6.10 Å². The van der Waals surface area contributed by atoms with Gasteiger partial charge in [-0.1, -0.05) is 60.7 Å². The largest absolute Gasteiger partial charge is 0.458 e. The molecule has 0 radical (unpaired) electrons. The molecule has 0 N–H and O–H groups in total. The summed E-state index contributed by atoms with van der Waals surface area (Å²) in [7, 11) is 0. The zero-order valence-electron chi connectivity index (χ0n) is 12.2. The van der Waals surface area contributed by atoms with Crippen molar-refractivity contribution in [1.82, 2.24) is 0 Å². The monoisotopic (exact) mass is 280 g/mol. The number of hydrogen-bond donors (Lipinski definition) is 0. The predicted molar refractivity (Wildman–Crippen MR) is 82.9 cm³/mol. The van der Waals surface area contributed by atoms with Crippen LogP contribution in [0.5, 0.6) is 0 Å². The minimum Gasteiger partial charge on any atom is -0.458 e. The Morgan fingerprint density at radius 2 is 1.62 bits per heavy atom. The Labute approximate surface area is 125 Å². The molecule has 0 heterocycles. The highest BCUT2D eigenvalue weighted by Crippen LogP contribution is 2.43. The first kappa shape index (κ1) is 13.9. The zero-order valence-corrected chi connectivity index (χ0v) is 12.2. The van der Waals surface area contributed by atoms with Crippen molar-refractivity contribution in [2.75, 3.05) is 0 Å². The molecule has 1 aliphatic carbocycles. The highest BCUT2D eigenvalue weighted by atomic mass is 16.5. The van der Waals surface area contributed by atoms with E-state index >= 15 is 0 Å². The molecule has 0 aromatic heterocycles. The topological polar surface area (TPSA) is 26.3 Å². The normalized spacial score (nSPS) is 22.1. The van der Waals surface area contributed by atoms with Crippen LogP contribution < -0.4 is 0 Å². The fourth-order valence-electron chi connectivity index (χ4n) is 2.94. The van der Waals surface area contributed by atoms with Gasteiger partial charge in [-0.2, -0.15) is 0 Å². The Kier molecular flexibility index (Phi) is 4.05. The number of ether oxygens (including phenoxy) is 1. The highest BCUT2D eigenvalue weighted by molar-refractivity contribution is 5.75. The SMILES string of the molecule is C[C@H](OC(=O)[C@@H]1CC[C@H]1c1ccccc1)c1ccccc1. The van der Waals surface area contributed by atoms with E-state index in [1.807, 2.05) is 55.5 Å². The van der Waals surface area contributed by atoms with Gasteiger partial charge in [0.15, 0.2) is 0 Å². The lowest BCUT2D eigenvalue weighted by Crippen LogP contribution is -2.33. The molecule has 0 saturated heterocycles. The van der Waals surface area contributed by atoms with Crippen LogP contribution >= 0.6 is 0 Å². The molecule has 1 saturated carbocycles. The van der Waals surface area contributed by atoms with Gasteiger partial charge in [0, 0.05) is 0 Å². The van der Waals surface area contributed by atoms with E-state index in [9.17, 15) is 4.79 Å². The summed E-state index contributed by atoms with van der Waals surface area (Å²) >= 11 is 0. The summed E-state index contributed by atoms with van der Waals surface area (Å²) in [4.78, 5) is 12.4. The van der Waals surface area contributed by atoms with Gasteiger partial charge in [0.2, 0.25) is 0 Å². The van der Waals surface area contributed by atoms with Crippen LogP contribution in [0.3, 0.4) is 0 Å². The Morgan fingerprint density at radius 3 is 2.19 bits per heavy atom. The molecule has 3 rings (SSSR count). The molecule has 0 spiro atoms. The lowest BCUT2D eigenvalue weighted by atomic mass is 9.70. The number of benzene rings is 2. The van der Waals surface area contributed by atoms with Gasteiger partial charge in [-0.3, -0.25) is 4.79 Å². The van der Waals surface area contributed by atoms with E-state index < -0.39 is 0 Å². The second kappa shape index (κ2) is 6.13. The Balaban J connectivity index is 1.64. The lowest BCUT2D eigenvalue weighted by molar-refractivity contribution is -0.157. The standard InChI is InChI=1S/C19H20O2/c1-14(15-8-4-2-5-9-15)21-19(20)18-13-12-17(18)16-10-6-3-7-11-16/h2-11,14,17-18H,12-13H2,1H3/t14-,17-,18+/m0/s1. The minimum absolute atomic E-state index is 0.0126. The third-order valence-electron chi connectivity index (χ3n) is 4.37. The van der Waals surface area contributed by atoms with Crippen molar-refractivity contribution in [3.05, 3.63) is 71.8 Å². The van der Waals surface area contributed by atoms with Crippen LogP contribution in [0.25, 0.3) is 0 Å². The van der Waals surface area contributed by atoms with E-state index in [4.69, 9.17) is 4.74 Å². The average molecular weight is 280 g/mol. The Morgan fingerprint density at radius 1 is 1.00 bits per heavy atom. The second-order valence-corrected chi connectivity index (χ2v) is 5.69. The molecule has 0 unspecified atom stereocenters. The Hall–Kier alpha value is -2.09. The number of carbonyl (C=O) groups excluding carboxylic acids is 1. The fourth-order valence-corrected chi connectivity index (χ4v) is 2.94. The molecular formula is C19H20O2. The zero-order chi connectivity index (χ0) is 14.7. The average Bonchev–Trinajstić information content (AvgIpc) is 2.48. The molecule has 2 aromatic rings. The molecule has 0 aliphatic heterocycles. The maximum Gasteiger partial charge on any atom is 0.310 e. The second-order valence-electron chi connectivity index (χ2n) is 5.69. The molecule has 2 nitrogen and oxygen atoms in total. The van der Waals surface area contributed by atoms with Crippen LogP contribution in [0.15, 0.2) is 60.7 Å². The van der Waals surface area contributed by atoms with Crippen LogP contribution in [0.1, 0.15) is 42.9 Å². The first-order valence-electron chi connectivity index (χ1n) is 7.56. The van der Waals surface area contributed by atoms with Gasteiger partial charge in [-0.15, -0.1) is 0 Å². The molecule has 2 heteroatoms. The molecule has 0 bridgehead atoms. The van der Waals surface area contributed by atoms with Crippen LogP contribution in [0, 0.1) is 5.92 Å². The van der Waals surface area contributed by atoms with E-state index in [2.05, 4.69) is 12.1 Å². The van der Waals surface area contributed by atoms with Crippen molar-refractivity contribution in [3.63, 3.8) is 0 Å². The van der Waals surface area contributed by atoms with Crippen molar-refractivity contribution in [2.45, 2.75) is 31.8 Å². The summed E-state index contributed by atoms with van der Waals surface area (Å²) in [6.45, 7) is 1.93. The third-order valence-corrected chi connectivity index (χ3v) is 4.37. The number of carbonyl (C=O) groups is 1. The molecule has 21 heavy (non-hydrogen) atoms. The number of esters is 1. The van der Waals surface area contributed by atoms with E-state index in [-0.39, 0.29) is 18.0 Å². The summed E-state index contributed by atoms with van der Waals surface area (Å²) in [6, 6.07) is 20.2. The Bertz CT molecular complexity index is 591. The highest BCUT2D eigenvalue weighted by Gasteiger charge is 2.39. The first-order valence-corrected chi connectivity index (χ1v) is 7.56. The lowest BCUT2D eigenvalue weighted by Gasteiger charge is -2.35. The quantitative estimate of drug-likeness (QED) is 0.772. The van der Waals surface area contributed by atoms with Crippen LogP contribution in [0.4, 0.5) is 0 Å². The third kappa shape index (κ3) is 2.99. The summed E-state index contributed by atoms with van der Waals surface area (Å²) < 4.78 is 5.65. The van der Waals surface area contributed by atoms with Crippen molar-refractivity contribution >= 4 is 5.97 Å². The van der Waals surface area contributed by atoms with Gasteiger partial charge < -0.3 is 4.74 Å². The van der Waals surface area contributed by atoms with Crippen molar-refractivity contribution < 1.29 is 9.53 Å². The predicted octanol–water partition coefficient (Wildman–Crippen LogP) is 4.48. The maximum absolute atomic E-state index is 12.4. The summed E-state index contributed by atoms with van der Waals surface area (Å²) in [5.74, 6) is 0.270. The number of hydrogen-bond acceptors (Lipinski definition) is 2. The van der Waals surface area contributed by atoms with Crippen LogP contribution in [-0.2, 0) is 9.53 Å². The van der Waals surface area contributed by atoms with Gasteiger partial charge in [0.05, 0.1) is 5.92 Å². The maximum atomic E-state index is 12.4. The van der Waals surface area contributed by atoms with Crippen molar-refractivity contribution in [1.29, 1.82) is 0 Å². The molecule has 1 fully saturated rings. The molecule has 2 aromatic carbocycles. The van der Waals surface area contributed by atoms with E-state index in [0.717, 1.165) is 18.4 Å². The molecule has 108 valence electrons. The smallest absolute Gasteiger partial charge is 0.310 e. The van der Waals surface area contributed by atoms with Gasteiger partial charge in [-0.05, 0) is 36.8 Å². The first-order chi connectivity index (χ1) is 10.3. The summed E-state index contributed by atoms with van der Waals surface area (Å²) in [5.41, 5.74) is 2.29. The molecular weight excluding hydrogens is 260 g/mol. The van der Waals surface area contributed by atoms with Crippen LogP contribution in [-0.4, -0.2) is 5.97 Å². The van der Waals surface area contributed by atoms with E-state index in [0.29, 0.717) is 5.92 Å². The molecule has 0 amide bonds. The summed E-state index contributed by atoms with van der Waals surface area (Å²) in [5, 5.41) is 0. The van der Waals surface area contributed by atoms with Gasteiger partial charge >= 0.3 is 5.97 Å². The van der Waals surface area contributed by atoms with Gasteiger partial charge in [-0.25, -0.2) is 0 Å². The van der Waals surface area contributed by atoms with Crippen LogP contribution in [0.2, 0.25) is 0 Å². The van der Waals surface area contributed by atoms with Crippen molar-refractivity contribution in [3.8, 4) is 0 Å². The minimum atomic E-state index is -0.185. The number of rotatable bonds is 4. The molecule has 3 atom stereocenters. The summed E-state index contributed by atoms with van der Waals surface area (Å²) in [6.07, 6.45) is 1.82. The van der Waals surface area contributed by atoms with Gasteiger partial charge in [0.25, 0.3) is 0 Å². The molecule has 1 aliphatic rings.